The number of hydrogen-bond acceptors (Lipinski definition) is 5. The molecule has 0 saturated heterocycles. The van der Waals surface area contributed by atoms with Crippen molar-refractivity contribution < 1.29 is 4.74 Å². The number of hydrogen-bond donors (Lipinski definition) is 1. The summed E-state index contributed by atoms with van der Waals surface area (Å²) in [5.41, 5.74) is 3.45. The van der Waals surface area contributed by atoms with Crippen LogP contribution in [0.3, 0.4) is 0 Å². The summed E-state index contributed by atoms with van der Waals surface area (Å²) >= 11 is 0. The first kappa shape index (κ1) is 16.3. The molecule has 2 heterocycles. The van der Waals surface area contributed by atoms with Crippen molar-refractivity contribution in [3.63, 3.8) is 0 Å². The van der Waals surface area contributed by atoms with Gasteiger partial charge in [0.25, 0.3) is 0 Å². The van der Waals surface area contributed by atoms with Gasteiger partial charge in [-0.05, 0) is 56.7 Å². The molecule has 1 saturated carbocycles. The van der Waals surface area contributed by atoms with Crippen LogP contribution in [0, 0.1) is 25.2 Å². The zero-order valence-corrected chi connectivity index (χ0v) is 14.2. The monoisotopic (exact) mass is 322 g/mol. The first-order chi connectivity index (χ1) is 11.7. The van der Waals surface area contributed by atoms with Gasteiger partial charge in [0.1, 0.15) is 18.0 Å². The highest BCUT2D eigenvalue weighted by Crippen LogP contribution is 2.23. The Hall–Kier alpha value is -2.61. The lowest BCUT2D eigenvalue weighted by atomic mass is 10.1. The van der Waals surface area contributed by atoms with Gasteiger partial charge in [0, 0.05) is 24.5 Å². The van der Waals surface area contributed by atoms with Crippen LogP contribution in [-0.4, -0.2) is 16.1 Å². The summed E-state index contributed by atoms with van der Waals surface area (Å²) in [6.45, 7) is 4.42. The third-order valence-corrected chi connectivity index (χ3v) is 4.30. The van der Waals surface area contributed by atoms with Gasteiger partial charge in [-0.2, -0.15) is 5.26 Å². The standard InChI is InChI=1S/C19H22N4O/c1-13-9-14(2)23-19(17(13)10-20)22-12-15-7-8-18(21-11-15)24-16-5-3-4-6-16/h7-9,11,16H,3-6,12H2,1-2H3,(H,22,23). The van der Waals surface area contributed by atoms with E-state index in [4.69, 9.17) is 4.74 Å². The summed E-state index contributed by atoms with van der Waals surface area (Å²) in [6, 6.07) is 8.04. The summed E-state index contributed by atoms with van der Waals surface area (Å²) in [7, 11) is 0. The summed E-state index contributed by atoms with van der Waals surface area (Å²) < 4.78 is 5.87. The van der Waals surface area contributed by atoms with Gasteiger partial charge in [0.05, 0.1) is 5.56 Å². The number of nitrogens with one attached hydrogen (secondary N) is 1. The molecule has 3 rings (SSSR count). The fraction of sp³-hybridized carbons (Fsp3) is 0.421. The molecule has 0 atom stereocenters. The number of anilines is 1. The molecule has 0 bridgehead atoms. The van der Waals surface area contributed by atoms with Gasteiger partial charge in [-0.15, -0.1) is 0 Å². The Morgan fingerprint density at radius 2 is 2.08 bits per heavy atom. The lowest BCUT2D eigenvalue weighted by Crippen LogP contribution is -2.12. The molecule has 0 aliphatic heterocycles. The van der Waals surface area contributed by atoms with E-state index in [1.807, 2.05) is 38.2 Å². The molecular formula is C19H22N4O. The molecule has 124 valence electrons. The maximum Gasteiger partial charge on any atom is 0.213 e. The number of nitrogens with zero attached hydrogens (tertiary/aromatic N) is 3. The zero-order chi connectivity index (χ0) is 16.9. The van der Waals surface area contributed by atoms with E-state index in [9.17, 15) is 5.26 Å². The molecule has 0 unspecified atom stereocenters. The number of rotatable bonds is 5. The summed E-state index contributed by atoms with van der Waals surface area (Å²) in [5, 5.41) is 12.5. The van der Waals surface area contributed by atoms with Crippen molar-refractivity contribution in [3.05, 3.63) is 46.8 Å². The topological polar surface area (TPSA) is 70.8 Å². The Bertz CT molecular complexity index is 743. The van der Waals surface area contributed by atoms with Crippen LogP contribution in [0.2, 0.25) is 0 Å². The zero-order valence-electron chi connectivity index (χ0n) is 14.2. The van der Waals surface area contributed by atoms with Crippen LogP contribution >= 0.6 is 0 Å². The van der Waals surface area contributed by atoms with Crippen LogP contribution in [0.1, 0.15) is 48.1 Å². The number of aromatic nitrogens is 2. The quantitative estimate of drug-likeness (QED) is 0.904. The lowest BCUT2D eigenvalue weighted by molar-refractivity contribution is 0.201. The van der Waals surface area contributed by atoms with Gasteiger partial charge in [0.15, 0.2) is 0 Å². The second-order valence-corrected chi connectivity index (χ2v) is 6.30. The molecule has 0 amide bonds. The highest BCUT2D eigenvalue weighted by atomic mass is 16.5. The molecule has 0 spiro atoms. The molecule has 2 aromatic rings. The van der Waals surface area contributed by atoms with E-state index in [0.29, 0.717) is 29.9 Å². The van der Waals surface area contributed by atoms with Crippen molar-refractivity contribution in [3.8, 4) is 11.9 Å². The molecule has 5 nitrogen and oxygen atoms in total. The third kappa shape index (κ3) is 3.83. The predicted octanol–water partition coefficient (Wildman–Crippen LogP) is 3.90. The maximum absolute atomic E-state index is 9.30. The average molecular weight is 322 g/mol. The van der Waals surface area contributed by atoms with Gasteiger partial charge in [0.2, 0.25) is 5.88 Å². The summed E-state index contributed by atoms with van der Waals surface area (Å²) in [6.07, 6.45) is 6.87. The smallest absolute Gasteiger partial charge is 0.213 e. The minimum absolute atomic E-state index is 0.319. The minimum Gasteiger partial charge on any atom is -0.474 e. The molecule has 5 heteroatoms. The molecule has 1 fully saturated rings. The number of ether oxygens (including phenoxy) is 1. The van der Waals surface area contributed by atoms with Crippen molar-refractivity contribution in [2.24, 2.45) is 0 Å². The lowest BCUT2D eigenvalue weighted by Gasteiger charge is -2.13. The van der Waals surface area contributed by atoms with E-state index in [-0.39, 0.29) is 0 Å². The van der Waals surface area contributed by atoms with Gasteiger partial charge >= 0.3 is 0 Å². The maximum atomic E-state index is 9.30. The Morgan fingerprint density at radius 3 is 2.75 bits per heavy atom. The number of nitriles is 1. The Kier molecular flexibility index (Phi) is 4.95. The normalized spacial score (nSPS) is 14.4. The molecule has 1 aliphatic rings. The number of pyridine rings is 2. The van der Waals surface area contributed by atoms with Crippen molar-refractivity contribution in [1.29, 1.82) is 5.26 Å². The van der Waals surface area contributed by atoms with E-state index in [1.54, 1.807) is 0 Å². The van der Waals surface area contributed by atoms with Crippen LogP contribution in [0.15, 0.2) is 24.4 Å². The van der Waals surface area contributed by atoms with Crippen LogP contribution < -0.4 is 10.1 Å². The largest absolute Gasteiger partial charge is 0.474 e. The first-order valence-corrected chi connectivity index (χ1v) is 8.39. The van der Waals surface area contributed by atoms with Gasteiger partial charge < -0.3 is 10.1 Å². The number of aryl methyl sites for hydroxylation is 2. The second-order valence-electron chi connectivity index (χ2n) is 6.30. The van der Waals surface area contributed by atoms with Gasteiger partial charge in [-0.25, -0.2) is 9.97 Å². The Balaban J connectivity index is 1.64. The SMILES string of the molecule is Cc1cc(C)c(C#N)c(NCc2ccc(OC3CCCC3)nc2)n1. The van der Waals surface area contributed by atoms with Crippen molar-refractivity contribution in [1.82, 2.24) is 9.97 Å². The van der Waals surface area contributed by atoms with Crippen molar-refractivity contribution in [2.75, 3.05) is 5.32 Å². The van der Waals surface area contributed by atoms with E-state index < -0.39 is 0 Å². The highest BCUT2D eigenvalue weighted by Gasteiger charge is 2.16. The third-order valence-electron chi connectivity index (χ3n) is 4.30. The minimum atomic E-state index is 0.319. The van der Waals surface area contributed by atoms with Crippen LogP contribution in [-0.2, 0) is 6.54 Å². The highest BCUT2D eigenvalue weighted by molar-refractivity contribution is 5.56. The second kappa shape index (κ2) is 7.31. The van der Waals surface area contributed by atoms with Crippen molar-refractivity contribution >= 4 is 5.82 Å². The van der Waals surface area contributed by atoms with Gasteiger partial charge in [-0.3, -0.25) is 0 Å². The molecule has 2 aromatic heterocycles. The van der Waals surface area contributed by atoms with Gasteiger partial charge in [-0.1, -0.05) is 6.07 Å². The molecule has 1 aliphatic carbocycles. The van der Waals surface area contributed by atoms with Crippen molar-refractivity contribution in [2.45, 2.75) is 52.2 Å². The summed E-state index contributed by atoms with van der Waals surface area (Å²) in [4.78, 5) is 8.81. The van der Waals surface area contributed by atoms with Crippen LogP contribution in [0.5, 0.6) is 5.88 Å². The van der Waals surface area contributed by atoms with E-state index in [0.717, 1.165) is 29.7 Å². The first-order valence-electron chi connectivity index (χ1n) is 8.39. The predicted molar refractivity (Wildman–Crippen MR) is 92.9 cm³/mol. The molecule has 24 heavy (non-hydrogen) atoms. The van der Waals surface area contributed by atoms with Crippen LogP contribution in [0.4, 0.5) is 5.82 Å². The Morgan fingerprint density at radius 1 is 1.29 bits per heavy atom. The molecule has 0 radical (unpaired) electrons. The average Bonchev–Trinajstić information content (AvgIpc) is 3.07. The summed E-state index contributed by atoms with van der Waals surface area (Å²) in [5.74, 6) is 1.31. The Labute approximate surface area is 142 Å². The fourth-order valence-corrected chi connectivity index (χ4v) is 3.05. The molecule has 1 N–H and O–H groups in total. The van der Waals surface area contributed by atoms with Crippen LogP contribution in [0.25, 0.3) is 0 Å². The van der Waals surface area contributed by atoms with E-state index in [2.05, 4.69) is 21.4 Å². The molecule has 0 aromatic carbocycles. The molecular weight excluding hydrogens is 300 g/mol. The van der Waals surface area contributed by atoms with E-state index in [1.165, 1.54) is 12.8 Å². The van der Waals surface area contributed by atoms with E-state index >= 15 is 0 Å². The fourth-order valence-electron chi connectivity index (χ4n) is 3.05.